The van der Waals surface area contributed by atoms with Gasteiger partial charge < -0.3 is 19.7 Å². The maximum Gasteiger partial charge on any atom is 0.411 e. The predicted octanol–water partition coefficient (Wildman–Crippen LogP) is 3.10. The normalized spacial score (nSPS) is 14.4. The molecule has 7 heteroatoms. The smallest absolute Gasteiger partial charge is 0.411 e. The molecular weight excluding hydrogens is 398 g/mol. The van der Waals surface area contributed by atoms with Gasteiger partial charge in [-0.25, -0.2) is 9.59 Å². The lowest BCUT2D eigenvalue weighted by Crippen LogP contribution is -2.34. The minimum Gasteiger partial charge on any atom is -0.455 e. The van der Waals surface area contributed by atoms with Gasteiger partial charge >= 0.3 is 12.1 Å². The largest absolute Gasteiger partial charge is 0.455 e. The number of ether oxygens (including phenoxy) is 2. The van der Waals surface area contributed by atoms with E-state index in [1.807, 2.05) is 48.5 Å². The highest BCUT2D eigenvalue weighted by atomic mass is 16.6. The molecule has 7 nitrogen and oxygen atoms in total. The molecule has 2 aromatic carbocycles. The van der Waals surface area contributed by atoms with E-state index in [0.29, 0.717) is 0 Å². The lowest BCUT2D eigenvalue weighted by molar-refractivity contribution is -0.150. The molecule has 0 bridgehead atoms. The summed E-state index contributed by atoms with van der Waals surface area (Å²) in [7, 11) is 0. The van der Waals surface area contributed by atoms with Crippen LogP contribution < -0.4 is 5.32 Å². The SMILES string of the molecule is CC(C)(C)OC(=O)/C(=C/C(O)CO)NC(=O)OCC1c2ccccc2-c2ccccc21. The van der Waals surface area contributed by atoms with Crippen LogP contribution in [0.15, 0.2) is 60.3 Å². The van der Waals surface area contributed by atoms with Crippen molar-refractivity contribution < 1.29 is 29.3 Å². The fourth-order valence-electron chi connectivity index (χ4n) is 3.48. The first-order valence-electron chi connectivity index (χ1n) is 10.1. The van der Waals surface area contributed by atoms with Crippen LogP contribution in [0.5, 0.6) is 0 Å². The molecule has 0 fully saturated rings. The lowest BCUT2D eigenvalue weighted by atomic mass is 9.98. The molecular formula is C24H27NO6. The molecule has 0 aliphatic heterocycles. The Balaban J connectivity index is 1.72. The van der Waals surface area contributed by atoms with Gasteiger partial charge in [0.2, 0.25) is 0 Å². The highest BCUT2D eigenvalue weighted by Crippen LogP contribution is 2.44. The third-order valence-corrected chi connectivity index (χ3v) is 4.75. The summed E-state index contributed by atoms with van der Waals surface area (Å²) in [6.45, 7) is 4.50. The number of hydrogen-bond donors (Lipinski definition) is 3. The maximum absolute atomic E-state index is 12.4. The van der Waals surface area contributed by atoms with Gasteiger partial charge in [-0.1, -0.05) is 48.5 Å². The molecule has 0 radical (unpaired) electrons. The number of carbonyl (C=O) groups excluding carboxylic acids is 2. The molecule has 2 aromatic rings. The standard InChI is InChI=1S/C24H27NO6/c1-24(2,3)31-22(28)21(12-15(27)13-26)25-23(29)30-14-20-18-10-6-4-8-16(18)17-9-5-7-11-19(17)20/h4-12,15,20,26-27H,13-14H2,1-3H3,(H,25,29)/b21-12-. The number of hydrogen-bond acceptors (Lipinski definition) is 6. The number of nitrogens with one attached hydrogen (secondary N) is 1. The van der Waals surface area contributed by atoms with Gasteiger partial charge in [0.15, 0.2) is 0 Å². The van der Waals surface area contributed by atoms with Crippen LogP contribution >= 0.6 is 0 Å². The van der Waals surface area contributed by atoms with Crippen LogP contribution in [0.1, 0.15) is 37.8 Å². The van der Waals surface area contributed by atoms with E-state index >= 15 is 0 Å². The van der Waals surface area contributed by atoms with Crippen LogP contribution in [-0.2, 0) is 14.3 Å². The molecule has 31 heavy (non-hydrogen) atoms. The highest BCUT2D eigenvalue weighted by Gasteiger charge is 2.29. The third kappa shape index (κ3) is 5.51. The van der Waals surface area contributed by atoms with E-state index in [2.05, 4.69) is 5.32 Å². The Labute approximate surface area is 181 Å². The van der Waals surface area contributed by atoms with Crippen molar-refractivity contribution in [3.63, 3.8) is 0 Å². The second kappa shape index (κ2) is 9.32. The van der Waals surface area contributed by atoms with Crippen LogP contribution in [0, 0.1) is 0 Å². The van der Waals surface area contributed by atoms with E-state index in [0.717, 1.165) is 28.3 Å². The van der Waals surface area contributed by atoms with Crippen molar-refractivity contribution in [2.75, 3.05) is 13.2 Å². The zero-order valence-electron chi connectivity index (χ0n) is 17.8. The second-order valence-electron chi connectivity index (χ2n) is 8.28. The molecule has 1 unspecified atom stereocenters. The number of alkyl carbamates (subject to hydrolysis) is 1. The van der Waals surface area contributed by atoms with Gasteiger partial charge in [0.1, 0.15) is 17.9 Å². The van der Waals surface area contributed by atoms with Crippen LogP contribution in [0.3, 0.4) is 0 Å². The molecule has 0 saturated heterocycles. The number of benzene rings is 2. The molecule has 3 rings (SSSR count). The number of aliphatic hydroxyl groups excluding tert-OH is 2. The molecule has 1 amide bonds. The summed E-state index contributed by atoms with van der Waals surface area (Å²) in [6.07, 6.45) is -1.17. The first kappa shape index (κ1) is 22.5. The predicted molar refractivity (Wildman–Crippen MR) is 115 cm³/mol. The van der Waals surface area contributed by atoms with E-state index in [4.69, 9.17) is 14.6 Å². The Kier molecular flexibility index (Phi) is 6.77. The van der Waals surface area contributed by atoms with Crippen LogP contribution in [-0.4, -0.2) is 47.2 Å². The Morgan fingerprint density at radius 1 is 1.06 bits per heavy atom. The summed E-state index contributed by atoms with van der Waals surface area (Å²) < 4.78 is 10.7. The monoisotopic (exact) mass is 425 g/mol. The molecule has 1 atom stereocenters. The molecule has 1 aliphatic carbocycles. The number of esters is 1. The van der Waals surface area contributed by atoms with E-state index in [1.165, 1.54) is 0 Å². The molecule has 0 aromatic heterocycles. The van der Waals surface area contributed by atoms with Crippen LogP contribution in [0.25, 0.3) is 11.1 Å². The number of rotatable bonds is 6. The Morgan fingerprint density at radius 2 is 1.61 bits per heavy atom. The molecule has 0 heterocycles. The van der Waals surface area contributed by atoms with E-state index in [1.54, 1.807) is 20.8 Å². The second-order valence-corrected chi connectivity index (χ2v) is 8.28. The average Bonchev–Trinajstić information content (AvgIpc) is 3.04. The van der Waals surface area contributed by atoms with Crippen molar-refractivity contribution in [3.05, 3.63) is 71.4 Å². The molecule has 164 valence electrons. The Bertz CT molecular complexity index is 946. The van der Waals surface area contributed by atoms with E-state index < -0.39 is 30.4 Å². The Hall–Kier alpha value is -3.16. The highest BCUT2D eigenvalue weighted by molar-refractivity contribution is 5.92. The molecule has 3 N–H and O–H groups in total. The number of aliphatic hydroxyl groups is 2. The zero-order valence-corrected chi connectivity index (χ0v) is 17.8. The quantitative estimate of drug-likeness (QED) is 0.485. The fourth-order valence-corrected chi connectivity index (χ4v) is 3.48. The maximum atomic E-state index is 12.4. The van der Waals surface area contributed by atoms with Crippen LogP contribution in [0.2, 0.25) is 0 Å². The third-order valence-electron chi connectivity index (χ3n) is 4.75. The number of fused-ring (bicyclic) bond motifs is 3. The van der Waals surface area contributed by atoms with Gasteiger partial charge in [-0.05, 0) is 49.1 Å². The van der Waals surface area contributed by atoms with Gasteiger partial charge in [0.05, 0.1) is 12.7 Å². The summed E-state index contributed by atoms with van der Waals surface area (Å²) in [6, 6.07) is 15.9. The van der Waals surface area contributed by atoms with Crippen LogP contribution in [0.4, 0.5) is 4.79 Å². The topological polar surface area (TPSA) is 105 Å². The van der Waals surface area contributed by atoms with Crippen molar-refractivity contribution in [3.8, 4) is 11.1 Å². The summed E-state index contributed by atoms with van der Waals surface area (Å²) in [5.41, 5.74) is 3.24. The summed E-state index contributed by atoms with van der Waals surface area (Å²) in [4.78, 5) is 24.8. The van der Waals surface area contributed by atoms with Gasteiger partial charge in [0.25, 0.3) is 0 Å². The molecule has 0 saturated carbocycles. The Morgan fingerprint density at radius 3 is 2.13 bits per heavy atom. The van der Waals surface area contributed by atoms with Gasteiger partial charge in [-0.3, -0.25) is 5.32 Å². The van der Waals surface area contributed by atoms with Gasteiger partial charge in [-0.2, -0.15) is 0 Å². The van der Waals surface area contributed by atoms with Gasteiger partial charge in [-0.15, -0.1) is 0 Å². The van der Waals surface area contributed by atoms with Gasteiger partial charge in [0, 0.05) is 5.92 Å². The van der Waals surface area contributed by atoms with Crippen molar-refractivity contribution in [1.82, 2.24) is 5.32 Å². The summed E-state index contributed by atoms with van der Waals surface area (Å²) >= 11 is 0. The van der Waals surface area contributed by atoms with Crippen molar-refractivity contribution in [2.24, 2.45) is 0 Å². The first-order chi connectivity index (χ1) is 14.7. The molecule has 1 aliphatic rings. The molecule has 0 spiro atoms. The van der Waals surface area contributed by atoms with E-state index in [9.17, 15) is 14.7 Å². The van der Waals surface area contributed by atoms with Crippen molar-refractivity contribution in [1.29, 1.82) is 0 Å². The first-order valence-corrected chi connectivity index (χ1v) is 10.1. The number of carbonyl (C=O) groups is 2. The van der Waals surface area contributed by atoms with Crippen molar-refractivity contribution >= 4 is 12.1 Å². The fraction of sp³-hybridized carbons (Fsp3) is 0.333. The lowest BCUT2D eigenvalue weighted by Gasteiger charge is -2.21. The van der Waals surface area contributed by atoms with Crippen molar-refractivity contribution in [2.45, 2.75) is 38.4 Å². The number of amides is 1. The minimum absolute atomic E-state index is 0.0734. The van der Waals surface area contributed by atoms with E-state index in [-0.39, 0.29) is 18.2 Å². The summed E-state index contributed by atoms with van der Waals surface area (Å²) in [5.74, 6) is -0.969. The average molecular weight is 425 g/mol. The summed E-state index contributed by atoms with van der Waals surface area (Å²) in [5, 5.41) is 21.1. The zero-order chi connectivity index (χ0) is 22.6. The minimum atomic E-state index is -1.34.